The highest BCUT2D eigenvalue weighted by molar-refractivity contribution is 6.99. The fraction of sp³-hybridized carbons (Fsp3) is 0.538. The van der Waals surface area contributed by atoms with Crippen LogP contribution in [0.3, 0.4) is 0 Å². The number of ether oxygens (including phenoxy) is 11. The van der Waals surface area contributed by atoms with Crippen LogP contribution in [0.1, 0.15) is 104 Å². The van der Waals surface area contributed by atoms with E-state index in [-0.39, 0.29) is 0 Å². The van der Waals surface area contributed by atoms with Gasteiger partial charge in [-0.15, -0.1) is 0 Å². The van der Waals surface area contributed by atoms with Crippen LogP contribution in [-0.4, -0.2) is 158 Å². The predicted molar refractivity (Wildman–Crippen MR) is 267 cm³/mol. The van der Waals surface area contributed by atoms with E-state index in [2.05, 4.69) is 4.74 Å². The van der Waals surface area contributed by atoms with Crippen molar-refractivity contribution in [1.29, 1.82) is 0 Å². The molecule has 0 aromatic heterocycles. The van der Waals surface area contributed by atoms with E-state index < -0.39 is 158 Å². The van der Waals surface area contributed by atoms with E-state index in [0.29, 0.717) is 0 Å². The summed E-state index contributed by atoms with van der Waals surface area (Å²) in [4.78, 5) is 150. The molecule has 0 heterocycles. The first-order valence-corrected chi connectivity index (χ1v) is 26.3. The first-order valence-electron chi connectivity index (χ1n) is 24.4. The van der Waals surface area contributed by atoms with Crippen molar-refractivity contribution in [3.8, 4) is 0 Å². The summed E-state index contributed by atoms with van der Waals surface area (Å²) in [7, 11) is -3.20. The molecule has 0 amide bonds. The Morgan fingerprint density at radius 3 is 0.641 bits per heavy atom. The van der Waals surface area contributed by atoms with E-state index in [0.717, 1.165) is 79.6 Å². The maximum Gasteiger partial charge on any atom is 0.347 e. The summed E-state index contributed by atoms with van der Waals surface area (Å²) in [5, 5.41) is 10.2. The molecule has 0 aliphatic heterocycles. The Balaban J connectivity index is 1.85. The quantitative estimate of drug-likeness (QED) is 0.0762. The largest absolute Gasteiger partial charge is 0.479 e. The lowest BCUT2D eigenvalue weighted by atomic mass is 10.2. The SMILES string of the molecule is C[C@H](O[Si](c1ccccc1)(c1ccccc1)C(C)(C)C)C(=O)O[C@H](C)C(=O)O[C@H](C)C(=O)O[C@H](C)C(=O)O[C@H](C)C(=O)O[C@H](C)C(=O)O[C@H](C)C(=O)O[C@H](C)C(=O)O[C@H](C)C(=O)O[C@H](C)C(=O)O[C@H](C)C(=O)O[C@H](C)C(=O)O. The van der Waals surface area contributed by atoms with Gasteiger partial charge in [0.25, 0.3) is 8.32 Å². The molecule has 0 unspecified atom stereocenters. The summed E-state index contributed by atoms with van der Waals surface area (Å²) >= 11 is 0. The Hall–Kier alpha value is -7.74. The van der Waals surface area contributed by atoms with Gasteiger partial charge in [0, 0.05) is 0 Å². The fourth-order valence-corrected chi connectivity index (χ4v) is 11.1. The second-order valence-electron chi connectivity index (χ2n) is 18.6. The van der Waals surface area contributed by atoms with Gasteiger partial charge in [-0.05, 0) is 98.5 Å². The zero-order valence-electron chi connectivity index (χ0n) is 45.9. The molecule has 25 nitrogen and oxygen atoms in total. The van der Waals surface area contributed by atoms with Crippen molar-refractivity contribution in [2.45, 2.75) is 182 Å². The Labute approximate surface area is 451 Å². The van der Waals surface area contributed by atoms with Gasteiger partial charge in [-0.1, -0.05) is 81.4 Å². The molecule has 0 bridgehead atoms. The molecular weight excluding hydrogens is 1050 g/mol. The molecule has 1 N–H and O–H groups in total. The smallest absolute Gasteiger partial charge is 0.347 e. The molecule has 26 heteroatoms. The van der Waals surface area contributed by atoms with Crippen LogP contribution in [0.2, 0.25) is 5.04 Å². The number of aliphatic carboxylic acids is 1. The number of rotatable bonds is 27. The van der Waals surface area contributed by atoms with E-state index in [4.69, 9.17) is 56.9 Å². The van der Waals surface area contributed by atoms with Gasteiger partial charge < -0.3 is 61.6 Å². The van der Waals surface area contributed by atoms with Gasteiger partial charge in [0.05, 0.1) is 0 Å². The minimum atomic E-state index is -3.20. The summed E-state index contributed by atoms with van der Waals surface area (Å²) in [5.74, 6) is -14.8. The maximum atomic E-state index is 13.4. The van der Waals surface area contributed by atoms with Gasteiger partial charge in [0.2, 0.25) is 0 Å². The lowest BCUT2D eigenvalue weighted by molar-refractivity contribution is -0.190. The van der Waals surface area contributed by atoms with Crippen molar-refractivity contribution in [1.82, 2.24) is 0 Å². The maximum absolute atomic E-state index is 13.4. The molecule has 2 rings (SSSR count). The van der Waals surface area contributed by atoms with Gasteiger partial charge in [0.1, 0.15) is 6.10 Å². The van der Waals surface area contributed by atoms with Crippen molar-refractivity contribution in [3.63, 3.8) is 0 Å². The zero-order valence-corrected chi connectivity index (χ0v) is 46.9. The summed E-state index contributed by atoms with van der Waals surface area (Å²) in [5.41, 5.74) is 0. The average Bonchev–Trinajstić information content (AvgIpc) is 3.37. The number of esters is 11. The first kappa shape index (κ1) is 66.4. The Morgan fingerprint density at radius 2 is 0.474 bits per heavy atom. The molecule has 12 atom stereocenters. The highest BCUT2D eigenvalue weighted by atomic mass is 28.4. The molecule has 0 aliphatic carbocycles. The summed E-state index contributed by atoms with van der Waals surface area (Å²) in [6, 6.07) is 19.1. The first-order chi connectivity index (χ1) is 36.1. The molecule has 0 saturated heterocycles. The van der Waals surface area contributed by atoms with E-state index >= 15 is 0 Å². The standard InChI is InChI=1S/C52H68O25Si/c1-26(40(53)54)66-41(55)27(2)67-42(56)28(3)68-43(57)29(4)69-44(58)30(5)70-45(59)31(6)71-46(60)32(7)72-47(61)33(8)73-48(62)34(9)74-49(63)35(10)75-50(64)36(11)76-51(65)37(12)77-78(52(13,14)15,38-22-18-16-19-23-38)39-24-20-17-21-25-39/h16-37H,1-15H3,(H,53,54)/t26-,27-,28-,29-,30-,31-,32-,33-,34-,35-,36-,37+/m1/s1. The van der Waals surface area contributed by atoms with Crippen LogP contribution in [-0.2, 0) is 114 Å². The highest BCUT2D eigenvalue weighted by Gasteiger charge is 2.52. The molecular formula is C52H68O25Si. The molecule has 2 aromatic rings. The minimum absolute atomic E-state index is 0.480. The number of carbonyl (C=O) groups excluding carboxylic acids is 11. The van der Waals surface area contributed by atoms with Gasteiger partial charge in [-0.2, -0.15) is 0 Å². The third-order valence-electron chi connectivity index (χ3n) is 11.0. The van der Waals surface area contributed by atoms with E-state index in [1.165, 1.54) is 13.8 Å². The Morgan fingerprint density at radius 1 is 0.308 bits per heavy atom. The van der Waals surface area contributed by atoms with Crippen LogP contribution in [0.15, 0.2) is 60.7 Å². The van der Waals surface area contributed by atoms with Crippen molar-refractivity contribution in [2.24, 2.45) is 0 Å². The second-order valence-corrected chi connectivity index (χ2v) is 22.9. The minimum Gasteiger partial charge on any atom is -0.479 e. The lowest BCUT2D eigenvalue weighted by Crippen LogP contribution is -2.68. The van der Waals surface area contributed by atoms with Crippen LogP contribution >= 0.6 is 0 Å². The van der Waals surface area contributed by atoms with Crippen molar-refractivity contribution < 1.29 is 119 Å². The van der Waals surface area contributed by atoms with Gasteiger partial charge >= 0.3 is 71.6 Å². The summed E-state index contributed by atoms with van der Waals surface area (Å²) in [6.45, 7) is 19.5. The normalized spacial score (nSPS) is 16.0. The molecule has 430 valence electrons. The Bertz CT molecular complexity index is 2430. The van der Waals surface area contributed by atoms with E-state index in [9.17, 15) is 57.5 Å². The van der Waals surface area contributed by atoms with Crippen molar-refractivity contribution in [3.05, 3.63) is 60.7 Å². The molecule has 0 radical (unpaired) electrons. The van der Waals surface area contributed by atoms with Gasteiger partial charge in [0.15, 0.2) is 67.1 Å². The number of carbonyl (C=O) groups is 12. The molecule has 78 heavy (non-hydrogen) atoms. The molecule has 0 fully saturated rings. The predicted octanol–water partition coefficient (Wildman–Crippen LogP) is 2.28. The molecule has 2 aromatic carbocycles. The molecule has 0 aliphatic rings. The number of carboxylic acids is 1. The number of hydrogen-bond donors (Lipinski definition) is 1. The van der Waals surface area contributed by atoms with Crippen LogP contribution < -0.4 is 10.4 Å². The number of hydrogen-bond acceptors (Lipinski definition) is 24. The second kappa shape index (κ2) is 29.7. The average molecular weight is 1120 g/mol. The van der Waals surface area contributed by atoms with E-state index in [1.54, 1.807) is 0 Å². The topological polar surface area (TPSA) is 336 Å². The summed E-state index contributed by atoms with van der Waals surface area (Å²) in [6.07, 6.45) is -19.3. The fourth-order valence-electron chi connectivity index (χ4n) is 6.51. The molecule has 0 saturated carbocycles. The summed E-state index contributed by atoms with van der Waals surface area (Å²) < 4.78 is 61.5. The van der Waals surface area contributed by atoms with Gasteiger partial charge in [-0.3, -0.25) is 0 Å². The lowest BCUT2D eigenvalue weighted by Gasteiger charge is -2.44. The van der Waals surface area contributed by atoms with Crippen molar-refractivity contribution in [2.75, 3.05) is 0 Å². The third kappa shape index (κ3) is 19.4. The van der Waals surface area contributed by atoms with Crippen LogP contribution in [0.25, 0.3) is 0 Å². The highest BCUT2D eigenvalue weighted by Crippen LogP contribution is 2.37. The monoisotopic (exact) mass is 1120 g/mol. The third-order valence-corrected chi connectivity index (χ3v) is 16.1. The van der Waals surface area contributed by atoms with Gasteiger partial charge in [-0.25, -0.2) is 57.5 Å². The van der Waals surface area contributed by atoms with Crippen molar-refractivity contribution >= 4 is 90.3 Å². The van der Waals surface area contributed by atoms with Crippen LogP contribution in [0.5, 0.6) is 0 Å². The molecule has 0 spiro atoms. The van der Waals surface area contributed by atoms with Crippen LogP contribution in [0, 0.1) is 0 Å². The Kier molecular flexibility index (Phi) is 25.3. The van der Waals surface area contributed by atoms with Crippen LogP contribution in [0.4, 0.5) is 0 Å². The number of carboxylic acid groups (broad SMARTS) is 1. The van der Waals surface area contributed by atoms with E-state index in [1.807, 2.05) is 81.4 Å². The number of benzene rings is 2. The zero-order chi connectivity index (χ0) is 59.6.